The van der Waals surface area contributed by atoms with Crippen molar-refractivity contribution in [1.82, 2.24) is 0 Å². The molecule has 0 aliphatic carbocycles. The third kappa shape index (κ3) is 6.66. The van der Waals surface area contributed by atoms with Gasteiger partial charge in [-0.2, -0.15) is 0 Å². The van der Waals surface area contributed by atoms with Crippen LogP contribution < -0.4 is 20.9 Å². The standard InChI is InChI=1S/C21H28N4O2/c1-14(2)24-20(22)16-5-9-18(10-6-16)26-13-27-19-11-7-17(8-12-19)21(23)25-15(3)4/h5-12,14-15H,13H2,1-4H3,(H2,22,24)(H2,23,25). The van der Waals surface area contributed by atoms with E-state index < -0.39 is 0 Å². The highest BCUT2D eigenvalue weighted by Crippen LogP contribution is 2.15. The average molecular weight is 368 g/mol. The molecule has 2 aromatic rings. The second-order valence-corrected chi connectivity index (χ2v) is 6.67. The summed E-state index contributed by atoms with van der Waals surface area (Å²) in [5.41, 5.74) is 13.6. The molecule has 0 saturated carbocycles. The van der Waals surface area contributed by atoms with Gasteiger partial charge < -0.3 is 20.9 Å². The van der Waals surface area contributed by atoms with Gasteiger partial charge >= 0.3 is 0 Å². The molecule has 0 aliphatic heterocycles. The number of rotatable bonds is 8. The molecule has 0 aliphatic rings. The van der Waals surface area contributed by atoms with Crippen molar-refractivity contribution >= 4 is 11.7 Å². The van der Waals surface area contributed by atoms with E-state index in [1.54, 1.807) is 0 Å². The first-order chi connectivity index (χ1) is 12.8. The van der Waals surface area contributed by atoms with Crippen molar-refractivity contribution in [2.24, 2.45) is 21.5 Å². The van der Waals surface area contributed by atoms with Crippen LogP contribution in [0.1, 0.15) is 38.8 Å². The Morgan fingerprint density at radius 1 is 0.704 bits per heavy atom. The van der Waals surface area contributed by atoms with Crippen LogP contribution in [-0.4, -0.2) is 30.5 Å². The molecule has 0 amide bonds. The number of benzene rings is 2. The van der Waals surface area contributed by atoms with Gasteiger partial charge in [-0.05, 0) is 76.2 Å². The first-order valence-electron chi connectivity index (χ1n) is 8.98. The van der Waals surface area contributed by atoms with Crippen LogP contribution in [0, 0.1) is 0 Å². The number of nitrogens with zero attached hydrogens (tertiary/aromatic N) is 2. The van der Waals surface area contributed by atoms with Gasteiger partial charge in [0.25, 0.3) is 0 Å². The minimum absolute atomic E-state index is 0.101. The van der Waals surface area contributed by atoms with Crippen LogP contribution in [0.5, 0.6) is 11.5 Å². The Morgan fingerprint density at radius 2 is 1.04 bits per heavy atom. The SMILES string of the molecule is CC(C)N=C(N)c1ccc(OCOc2ccc(C(N)=NC(C)C)cc2)cc1. The molecule has 0 saturated heterocycles. The first-order valence-corrected chi connectivity index (χ1v) is 8.98. The van der Waals surface area contributed by atoms with Gasteiger partial charge in [-0.25, -0.2) is 0 Å². The van der Waals surface area contributed by atoms with Gasteiger partial charge in [0.15, 0.2) is 0 Å². The van der Waals surface area contributed by atoms with Crippen LogP contribution in [-0.2, 0) is 0 Å². The zero-order valence-electron chi connectivity index (χ0n) is 16.3. The van der Waals surface area contributed by atoms with E-state index in [9.17, 15) is 0 Å². The molecule has 27 heavy (non-hydrogen) atoms. The summed E-state index contributed by atoms with van der Waals surface area (Å²) >= 11 is 0. The molecule has 0 unspecified atom stereocenters. The first kappa shape index (κ1) is 20.3. The highest BCUT2D eigenvalue weighted by Gasteiger charge is 2.03. The highest BCUT2D eigenvalue weighted by atomic mass is 16.7. The van der Waals surface area contributed by atoms with Gasteiger partial charge in [0, 0.05) is 23.2 Å². The molecule has 0 bridgehead atoms. The van der Waals surface area contributed by atoms with Crippen LogP contribution in [0.15, 0.2) is 58.5 Å². The predicted octanol–water partition coefficient (Wildman–Crippen LogP) is 3.33. The summed E-state index contributed by atoms with van der Waals surface area (Å²) in [6, 6.07) is 15.2. The molecule has 0 heterocycles. The van der Waals surface area contributed by atoms with Crippen LogP contribution in [0.3, 0.4) is 0 Å². The minimum Gasteiger partial charge on any atom is -0.458 e. The van der Waals surface area contributed by atoms with Gasteiger partial charge in [0.1, 0.15) is 23.2 Å². The van der Waals surface area contributed by atoms with E-state index in [1.165, 1.54) is 0 Å². The fourth-order valence-corrected chi connectivity index (χ4v) is 2.31. The Balaban J connectivity index is 1.87. The topological polar surface area (TPSA) is 95.2 Å². The van der Waals surface area contributed by atoms with Crippen molar-refractivity contribution in [3.63, 3.8) is 0 Å². The van der Waals surface area contributed by atoms with Gasteiger partial charge in [-0.1, -0.05) is 0 Å². The number of ether oxygens (including phenoxy) is 2. The average Bonchev–Trinajstić information content (AvgIpc) is 2.61. The summed E-state index contributed by atoms with van der Waals surface area (Å²) in [5.74, 6) is 2.43. The predicted molar refractivity (Wildman–Crippen MR) is 111 cm³/mol. The lowest BCUT2D eigenvalue weighted by Crippen LogP contribution is -2.15. The Morgan fingerprint density at radius 3 is 1.33 bits per heavy atom. The third-order valence-electron chi connectivity index (χ3n) is 3.55. The van der Waals surface area contributed by atoms with Crippen molar-refractivity contribution in [3.05, 3.63) is 59.7 Å². The summed E-state index contributed by atoms with van der Waals surface area (Å²) in [4.78, 5) is 8.65. The van der Waals surface area contributed by atoms with E-state index in [0.29, 0.717) is 23.2 Å². The van der Waals surface area contributed by atoms with Crippen molar-refractivity contribution in [3.8, 4) is 11.5 Å². The van der Waals surface area contributed by atoms with Crippen molar-refractivity contribution < 1.29 is 9.47 Å². The van der Waals surface area contributed by atoms with Gasteiger partial charge in [-0.3, -0.25) is 9.98 Å². The minimum atomic E-state index is 0.101. The maximum Gasteiger partial charge on any atom is 0.230 e. The molecule has 144 valence electrons. The normalized spacial score (nSPS) is 12.5. The van der Waals surface area contributed by atoms with Crippen molar-refractivity contribution in [2.45, 2.75) is 39.8 Å². The maximum absolute atomic E-state index is 5.95. The second-order valence-electron chi connectivity index (χ2n) is 6.67. The van der Waals surface area contributed by atoms with E-state index >= 15 is 0 Å². The van der Waals surface area contributed by atoms with Crippen molar-refractivity contribution in [2.75, 3.05) is 6.79 Å². The number of hydrogen-bond acceptors (Lipinski definition) is 4. The molecule has 4 N–H and O–H groups in total. The molecular weight excluding hydrogens is 340 g/mol. The van der Waals surface area contributed by atoms with Crippen LogP contribution in [0.25, 0.3) is 0 Å². The molecule has 0 spiro atoms. The van der Waals surface area contributed by atoms with E-state index in [1.807, 2.05) is 76.2 Å². The fourth-order valence-electron chi connectivity index (χ4n) is 2.31. The van der Waals surface area contributed by atoms with Gasteiger partial charge in [-0.15, -0.1) is 0 Å². The number of aliphatic imine (C=N–C) groups is 2. The molecule has 6 nitrogen and oxygen atoms in total. The third-order valence-corrected chi connectivity index (χ3v) is 3.55. The van der Waals surface area contributed by atoms with Gasteiger partial charge in [0.05, 0.1) is 0 Å². The Bertz CT molecular complexity index is 711. The lowest BCUT2D eigenvalue weighted by atomic mass is 10.2. The molecule has 6 heteroatoms. The molecule has 0 radical (unpaired) electrons. The summed E-state index contributed by atoms with van der Waals surface area (Å²) in [6.45, 7) is 8.04. The largest absolute Gasteiger partial charge is 0.458 e. The Hall–Kier alpha value is -3.02. The van der Waals surface area contributed by atoms with E-state index in [2.05, 4.69) is 9.98 Å². The zero-order valence-corrected chi connectivity index (χ0v) is 16.3. The second kappa shape index (κ2) is 9.62. The molecule has 0 fully saturated rings. The van der Waals surface area contributed by atoms with E-state index in [4.69, 9.17) is 20.9 Å². The van der Waals surface area contributed by atoms with E-state index in [-0.39, 0.29) is 18.9 Å². The Labute approximate surface area is 160 Å². The summed E-state index contributed by atoms with van der Waals surface area (Å²) in [5, 5.41) is 0. The lowest BCUT2D eigenvalue weighted by Gasteiger charge is -2.10. The molecule has 2 rings (SSSR count). The van der Waals surface area contributed by atoms with Crippen molar-refractivity contribution in [1.29, 1.82) is 0 Å². The van der Waals surface area contributed by atoms with Crippen LogP contribution >= 0.6 is 0 Å². The van der Waals surface area contributed by atoms with Gasteiger partial charge in [0.2, 0.25) is 6.79 Å². The zero-order chi connectivity index (χ0) is 19.8. The van der Waals surface area contributed by atoms with E-state index in [0.717, 1.165) is 11.1 Å². The lowest BCUT2D eigenvalue weighted by molar-refractivity contribution is 0.120. The van der Waals surface area contributed by atoms with Crippen LogP contribution in [0.4, 0.5) is 0 Å². The molecule has 2 aromatic carbocycles. The summed E-state index contributed by atoms with van der Waals surface area (Å²) < 4.78 is 11.2. The smallest absolute Gasteiger partial charge is 0.230 e. The maximum atomic E-state index is 5.95. The Kier molecular flexibility index (Phi) is 7.23. The monoisotopic (exact) mass is 368 g/mol. The summed E-state index contributed by atoms with van der Waals surface area (Å²) in [7, 11) is 0. The number of amidine groups is 2. The quantitative estimate of drug-likeness (QED) is 0.424. The summed E-state index contributed by atoms with van der Waals surface area (Å²) in [6.07, 6.45) is 0. The van der Waals surface area contributed by atoms with Crippen LogP contribution in [0.2, 0.25) is 0 Å². The molecular formula is C21H28N4O2. The number of hydrogen-bond donors (Lipinski definition) is 2. The fraction of sp³-hybridized carbons (Fsp3) is 0.333. The highest BCUT2D eigenvalue weighted by molar-refractivity contribution is 5.98. The number of nitrogens with two attached hydrogens (primary N) is 2. The molecule has 0 atom stereocenters. The molecule has 0 aromatic heterocycles.